The van der Waals surface area contributed by atoms with Crippen LogP contribution in [0.15, 0.2) is 24.3 Å². The zero-order chi connectivity index (χ0) is 18.4. The maximum absolute atomic E-state index is 12.0. The van der Waals surface area contributed by atoms with E-state index < -0.39 is 30.1 Å². The molecule has 1 heterocycles. The lowest BCUT2D eigenvalue weighted by Gasteiger charge is -2.20. The monoisotopic (exact) mass is 382 g/mol. The first-order chi connectivity index (χ1) is 11.7. The predicted molar refractivity (Wildman–Crippen MR) is 101 cm³/mol. The summed E-state index contributed by atoms with van der Waals surface area (Å²) in [7, 11) is 0. The molecule has 1 saturated heterocycles. The smallest absolute Gasteiger partial charge is 0.338 e. The molecular formula is C17H22N2O4S2. The van der Waals surface area contributed by atoms with Crippen molar-refractivity contribution < 1.29 is 19.1 Å². The summed E-state index contributed by atoms with van der Waals surface area (Å²) in [5.74, 6) is 1.00. The quantitative estimate of drug-likeness (QED) is 0.779. The van der Waals surface area contributed by atoms with E-state index in [0.717, 1.165) is 11.5 Å². The van der Waals surface area contributed by atoms with Crippen molar-refractivity contribution in [3.8, 4) is 0 Å². The van der Waals surface area contributed by atoms with Gasteiger partial charge in [-0.15, -0.1) is 23.5 Å². The van der Waals surface area contributed by atoms with E-state index in [0.29, 0.717) is 10.1 Å². The van der Waals surface area contributed by atoms with Crippen molar-refractivity contribution in [2.45, 2.75) is 30.9 Å². The minimum absolute atomic E-state index is 0.378. The Bertz CT molecular complexity index is 635. The zero-order valence-electron chi connectivity index (χ0n) is 14.5. The molecule has 1 fully saturated rings. The summed E-state index contributed by atoms with van der Waals surface area (Å²) in [4.78, 5) is 35.2. The number of rotatable bonds is 4. The normalized spacial score (nSPS) is 14.8. The van der Waals surface area contributed by atoms with Gasteiger partial charge in [0, 0.05) is 17.0 Å². The first kappa shape index (κ1) is 19.7. The molecule has 0 spiro atoms. The Balaban J connectivity index is 1.79. The average Bonchev–Trinajstić information content (AvgIpc) is 3.05. The third-order valence-corrected chi connectivity index (χ3v) is 6.22. The van der Waals surface area contributed by atoms with Crippen LogP contribution in [0.5, 0.6) is 0 Å². The van der Waals surface area contributed by atoms with Crippen molar-refractivity contribution in [1.82, 2.24) is 10.6 Å². The number of benzene rings is 1. The van der Waals surface area contributed by atoms with Gasteiger partial charge in [0.05, 0.1) is 10.1 Å². The molecule has 0 atom stereocenters. The van der Waals surface area contributed by atoms with Gasteiger partial charge in [-0.1, -0.05) is 12.1 Å². The second kappa shape index (κ2) is 8.62. The third-order valence-electron chi connectivity index (χ3n) is 3.12. The maximum Gasteiger partial charge on any atom is 0.338 e. The van der Waals surface area contributed by atoms with Gasteiger partial charge in [0.1, 0.15) is 0 Å². The Morgan fingerprint density at radius 1 is 1.12 bits per heavy atom. The van der Waals surface area contributed by atoms with Gasteiger partial charge >= 0.3 is 12.0 Å². The Labute approximate surface area is 155 Å². The number of thioether (sulfide) groups is 2. The molecule has 0 unspecified atom stereocenters. The fourth-order valence-corrected chi connectivity index (χ4v) is 4.94. The fourth-order valence-electron chi connectivity index (χ4n) is 2.08. The van der Waals surface area contributed by atoms with Crippen molar-refractivity contribution in [1.29, 1.82) is 0 Å². The number of amides is 3. The Kier molecular flexibility index (Phi) is 6.78. The molecule has 1 aromatic rings. The molecule has 0 bridgehead atoms. The topological polar surface area (TPSA) is 84.5 Å². The van der Waals surface area contributed by atoms with Gasteiger partial charge in [-0.05, 0) is 38.5 Å². The number of imide groups is 1. The van der Waals surface area contributed by atoms with E-state index in [1.54, 1.807) is 32.9 Å². The van der Waals surface area contributed by atoms with E-state index in [9.17, 15) is 14.4 Å². The Hall–Kier alpha value is -1.67. The van der Waals surface area contributed by atoms with E-state index in [4.69, 9.17) is 4.74 Å². The van der Waals surface area contributed by atoms with Crippen LogP contribution in [0.3, 0.4) is 0 Å². The summed E-state index contributed by atoms with van der Waals surface area (Å²) < 4.78 is 5.36. The number of nitrogens with one attached hydrogen (secondary N) is 2. The number of ether oxygens (including phenoxy) is 1. The minimum atomic E-state index is -0.675. The number of carbonyl (C=O) groups is 3. The van der Waals surface area contributed by atoms with E-state index >= 15 is 0 Å². The molecule has 0 radical (unpaired) electrons. The van der Waals surface area contributed by atoms with E-state index in [2.05, 4.69) is 10.6 Å². The van der Waals surface area contributed by atoms with Crippen molar-refractivity contribution in [3.05, 3.63) is 35.4 Å². The number of hydrogen-bond donors (Lipinski definition) is 2. The predicted octanol–water partition coefficient (Wildman–Crippen LogP) is 2.95. The molecule has 1 aliphatic rings. The number of urea groups is 1. The molecule has 0 aliphatic carbocycles. The van der Waals surface area contributed by atoms with Crippen LogP contribution < -0.4 is 10.6 Å². The third kappa shape index (κ3) is 6.62. The van der Waals surface area contributed by atoms with E-state index in [-0.39, 0.29) is 0 Å². The second-order valence-electron chi connectivity index (χ2n) is 6.52. The molecule has 2 N–H and O–H groups in total. The highest BCUT2D eigenvalue weighted by atomic mass is 32.2. The number of carbonyl (C=O) groups excluding carboxylic acids is 3. The van der Waals surface area contributed by atoms with Crippen molar-refractivity contribution >= 4 is 41.4 Å². The molecule has 0 aromatic heterocycles. The minimum Gasteiger partial charge on any atom is -0.452 e. The lowest BCUT2D eigenvalue weighted by Crippen LogP contribution is -2.49. The van der Waals surface area contributed by atoms with Crippen LogP contribution in [0.4, 0.5) is 4.79 Å². The highest BCUT2D eigenvalue weighted by Gasteiger charge is 2.19. The second-order valence-corrected chi connectivity index (χ2v) is 9.25. The summed E-state index contributed by atoms with van der Waals surface area (Å²) in [6.07, 6.45) is 0. The molecule has 1 aromatic carbocycles. The molecule has 136 valence electrons. The molecule has 0 saturated carbocycles. The van der Waals surface area contributed by atoms with Gasteiger partial charge in [-0.25, -0.2) is 9.59 Å². The molecule has 2 rings (SSSR count). The van der Waals surface area contributed by atoms with Gasteiger partial charge in [0.15, 0.2) is 6.61 Å². The highest BCUT2D eigenvalue weighted by Crippen LogP contribution is 2.45. The van der Waals surface area contributed by atoms with Crippen molar-refractivity contribution in [2.24, 2.45) is 0 Å². The lowest BCUT2D eigenvalue weighted by molar-refractivity contribution is -0.123. The Morgan fingerprint density at radius 3 is 2.28 bits per heavy atom. The molecule has 25 heavy (non-hydrogen) atoms. The molecule has 8 heteroatoms. The van der Waals surface area contributed by atoms with Gasteiger partial charge < -0.3 is 10.1 Å². The van der Waals surface area contributed by atoms with Gasteiger partial charge in [0.25, 0.3) is 5.91 Å². The van der Waals surface area contributed by atoms with Crippen molar-refractivity contribution in [2.75, 3.05) is 18.1 Å². The zero-order valence-corrected chi connectivity index (χ0v) is 16.1. The number of esters is 1. The summed E-state index contributed by atoms with van der Waals surface area (Å²) >= 11 is 3.78. The standard InChI is InChI=1S/C17H22N2O4S2/c1-17(2,3)19-16(22)18-13(20)10-23-14(21)11-4-6-12(7-5-11)15-24-8-9-25-15/h4-7,15H,8-10H2,1-3H3,(H2,18,19,20,22). The van der Waals surface area contributed by atoms with Gasteiger partial charge in [-0.2, -0.15) is 0 Å². The lowest BCUT2D eigenvalue weighted by atomic mass is 10.1. The summed E-state index contributed by atoms with van der Waals surface area (Å²) in [5.41, 5.74) is 1.09. The maximum atomic E-state index is 12.0. The van der Waals surface area contributed by atoms with E-state index in [1.165, 1.54) is 5.56 Å². The Morgan fingerprint density at radius 2 is 1.72 bits per heavy atom. The largest absolute Gasteiger partial charge is 0.452 e. The SMILES string of the molecule is CC(C)(C)NC(=O)NC(=O)COC(=O)c1ccc(C2SCCS2)cc1. The van der Waals surface area contributed by atoms with Crippen LogP contribution in [0.1, 0.15) is 41.3 Å². The summed E-state index contributed by atoms with van der Waals surface area (Å²) in [5, 5.41) is 4.70. The van der Waals surface area contributed by atoms with Gasteiger partial charge in [-0.3, -0.25) is 10.1 Å². The van der Waals surface area contributed by atoms with Crippen LogP contribution in [0, 0.1) is 0 Å². The summed E-state index contributed by atoms with van der Waals surface area (Å²) in [6, 6.07) is 6.58. The number of hydrogen-bond acceptors (Lipinski definition) is 6. The first-order valence-electron chi connectivity index (χ1n) is 7.87. The fraction of sp³-hybridized carbons (Fsp3) is 0.471. The van der Waals surface area contributed by atoms with Crippen LogP contribution in [-0.2, 0) is 9.53 Å². The molecule has 3 amide bonds. The van der Waals surface area contributed by atoms with Crippen LogP contribution in [-0.4, -0.2) is 41.6 Å². The molecule has 6 nitrogen and oxygen atoms in total. The summed E-state index contributed by atoms with van der Waals surface area (Å²) in [6.45, 7) is 4.88. The van der Waals surface area contributed by atoms with Crippen molar-refractivity contribution in [3.63, 3.8) is 0 Å². The highest BCUT2D eigenvalue weighted by molar-refractivity contribution is 8.19. The van der Waals surface area contributed by atoms with Crippen LogP contribution in [0.2, 0.25) is 0 Å². The molecular weight excluding hydrogens is 360 g/mol. The van der Waals surface area contributed by atoms with E-state index in [1.807, 2.05) is 35.7 Å². The van der Waals surface area contributed by atoms with Gasteiger partial charge in [0.2, 0.25) is 0 Å². The van der Waals surface area contributed by atoms with Crippen LogP contribution >= 0.6 is 23.5 Å². The molecule has 1 aliphatic heterocycles. The average molecular weight is 383 g/mol. The van der Waals surface area contributed by atoms with Crippen LogP contribution in [0.25, 0.3) is 0 Å². The first-order valence-corrected chi connectivity index (χ1v) is 9.97.